The molecule has 0 fully saturated rings. The number of unbranched alkanes of at least 4 members (excludes halogenated alkanes) is 1. The fraction of sp³-hybridized carbons (Fsp3) is 0.435. The zero-order valence-corrected chi connectivity index (χ0v) is 19.2. The minimum Gasteiger partial charge on any atom is -0.494 e. The Kier molecular flexibility index (Phi) is 8.17. The van der Waals surface area contributed by atoms with E-state index in [4.69, 9.17) is 14.6 Å². The van der Waals surface area contributed by atoms with Gasteiger partial charge in [0.05, 0.1) is 12.2 Å². The molecule has 2 heterocycles. The van der Waals surface area contributed by atoms with Gasteiger partial charge < -0.3 is 14.8 Å². The van der Waals surface area contributed by atoms with Gasteiger partial charge in [-0.05, 0) is 37.5 Å². The Bertz CT molecular complexity index is 937. The number of aromatic nitrogens is 3. The van der Waals surface area contributed by atoms with Gasteiger partial charge in [0.25, 0.3) is 0 Å². The van der Waals surface area contributed by atoms with E-state index in [2.05, 4.69) is 30.7 Å². The Morgan fingerprint density at radius 2 is 2.06 bits per heavy atom. The normalized spacial score (nSPS) is 15.3. The molecule has 0 spiro atoms. The maximum absolute atomic E-state index is 12.9. The van der Waals surface area contributed by atoms with Crippen LogP contribution in [-0.2, 0) is 9.53 Å². The molecule has 1 aromatic heterocycles. The number of benzene rings is 1. The highest BCUT2D eigenvalue weighted by atomic mass is 32.2. The van der Waals surface area contributed by atoms with E-state index in [0.717, 1.165) is 36.3 Å². The highest BCUT2D eigenvalue weighted by Crippen LogP contribution is 2.37. The van der Waals surface area contributed by atoms with Crippen LogP contribution in [0.3, 0.4) is 0 Å². The van der Waals surface area contributed by atoms with E-state index in [0.29, 0.717) is 29.0 Å². The zero-order valence-electron chi connectivity index (χ0n) is 18.4. The lowest BCUT2D eigenvalue weighted by atomic mass is 9.96. The van der Waals surface area contributed by atoms with Gasteiger partial charge in [-0.3, -0.25) is 0 Å². The highest BCUT2D eigenvalue weighted by molar-refractivity contribution is 7.99. The van der Waals surface area contributed by atoms with E-state index in [1.165, 1.54) is 0 Å². The number of nitrogens with one attached hydrogen (secondary N) is 1. The van der Waals surface area contributed by atoms with Gasteiger partial charge in [0.15, 0.2) is 0 Å². The molecule has 0 amide bonds. The van der Waals surface area contributed by atoms with E-state index in [-0.39, 0.29) is 6.61 Å². The number of carbonyl (C=O) groups is 1. The molecule has 8 heteroatoms. The van der Waals surface area contributed by atoms with Crippen LogP contribution in [0.15, 0.2) is 53.3 Å². The van der Waals surface area contributed by atoms with Gasteiger partial charge in [-0.2, -0.15) is 4.98 Å². The molecule has 0 aliphatic carbocycles. The first kappa shape index (κ1) is 22.9. The molecule has 0 saturated carbocycles. The van der Waals surface area contributed by atoms with Crippen molar-refractivity contribution in [2.24, 2.45) is 0 Å². The van der Waals surface area contributed by atoms with E-state index < -0.39 is 12.0 Å². The van der Waals surface area contributed by atoms with Crippen LogP contribution >= 0.6 is 11.8 Å². The first-order valence-corrected chi connectivity index (χ1v) is 11.7. The van der Waals surface area contributed by atoms with Crippen LogP contribution in [0.4, 0.5) is 5.95 Å². The minimum absolute atomic E-state index is 0.147. The quantitative estimate of drug-likeness (QED) is 0.228. The van der Waals surface area contributed by atoms with Crippen LogP contribution in [0.25, 0.3) is 0 Å². The molecule has 0 bridgehead atoms. The smallest absolute Gasteiger partial charge is 0.338 e. The highest BCUT2D eigenvalue weighted by Gasteiger charge is 2.35. The van der Waals surface area contributed by atoms with Crippen molar-refractivity contribution in [1.29, 1.82) is 0 Å². The SMILES string of the molecule is C=CCOC(=O)C1=C(C)Nc2nc(SCCCC)nn2C1c1ccc(OCCC)cc1. The van der Waals surface area contributed by atoms with Gasteiger partial charge in [0.2, 0.25) is 11.1 Å². The standard InChI is InChI=1S/C23H30N4O3S/c1-5-8-15-31-23-25-22-24-16(4)19(21(28)30-14-7-3)20(27(22)26-23)17-9-11-18(12-10-17)29-13-6-2/h7,9-12,20H,3,5-6,8,13-15H2,1-2,4H3,(H,24,25,26). The van der Waals surface area contributed by atoms with E-state index in [9.17, 15) is 4.79 Å². The number of hydrogen-bond acceptors (Lipinski definition) is 7. The van der Waals surface area contributed by atoms with Crippen molar-refractivity contribution in [1.82, 2.24) is 14.8 Å². The number of fused-ring (bicyclic) bond motifs is 1. The van der Waals surface area contributed by atoms with Crippen LogP contribution in [0.1, 0.15) is 51.6 Å². The number of esters is 1. The Labute approximate surface area is 187 Å². The summed E-state index contributed by atoms with van der Waals surface area (Å²) >= 11 is 1.62. The summed E-state index contributed by atoms with van der Waals surface area (Å²) in [5, 5.41) is 8.63. The summed E-state index contributed by atoms with van der Waals surface area (Å²) < 4.78 is 12.9. The molecule has 1 aromatic carbocycles. The number of ether oxygens (including phenoxy) is 2. The summed E-state index contributed by atoms with van der Waals surface area (Å²) in [6.45, 7) is 10.5. The second kappa shape index (κ2) is 11.0. The Balaban J connectivity index is 1.97. The summed E-state index contributed by atoms with van der Waals surface area (Å²) in [5.41, 5.74) is 2.12. The van der Waals surface area contributed by atoms with Crippen molar-refractivity contribution in [3.05, 3.63) is 53.8 Å². The van der Waals surface area contributed by atoms with Crippen molar-refractivity contribution >= 4 is 23.7 Å². The first-order valence-electron chi connectivity index (χ1n) is 10.7. The van der Waals surface area contributed by atoms with Crippen molar-refractivity contribution in [3.63, 3.8) is 0 Å². The number of thioether (sulfide) groups is 1. The van der Waals surface area contributed by atoms with Crippen molar-refractivity contribution in [3.8, 4) is 5.75 Å². The van der Waals surface area contributed by atoms with Gasteiger partial charge in [-0.25, -0.2) is 9.48 Å². The first-order chi connectivity index (χ1) is 15.1. The van der Waals surface area contributed by atoms with Crippen molar-refractivity contribution in [2.45, 2.75) is 51.2 Å². The average molecular weight is 443 g/mol. The van der Waals surface area contributed by atoms with Crippen LogP contribution in [0, 0.1) is 0 Å². The Morgan fingerprint density at radius 3 is 2.74 bits per heavy atom. The maximum Gasteiger partial charge on any atom is 0.338 e. The molecule has 3 rings (SSSR count). The van der Waals surface area contributed by atoms with E-state index in [1.807, 2.05) is 31.2 Å². The summed E-state index contributed by atoms with van der Waals surface area (Å²) in [6.07, 6.45) is 4.72. The lowest BCUT2D eigenvalue weighted by Gasteiger charge is -2.28. The second-order valence-corrected chi connectivity index (χ2v) is 8.30. The molecule has 166 valence electrons. The molecule has 7 nitrogen and oxygen atoms in total. The molecule has 1 atom stereocenters. The number of allylic oxidation sites excluding steroid dienone is 1. The van der Waals surface area contributed by atoms with Crippen LogP contribution in [-0.4, -0.2) is 39.7 Å². The lowest BCUT2D eigenvalue weighted by molar-refractivity contribution is -0.138. The van der Waals surface area contributed by atoms with Gasteiger partial charge >= 0.3 is 5.97 Å². The van der Waals surface area contributed by atoms with Gasteiger partial charge in [-0.15, -0.1) is 5.10 Å². The maximum atomic E-state index is 12.9. The summed E-state index contributed by atoms with van der Waals surface area (Å²) in [6, 6.07) is 7.32. The Morgan fingerprint density at radius 1 is 1.29 bits per heavy atom. The molecule has 0 radical (unpaired) electrons. The lowest BCUT2D eigenvalue weighted by Crippen LogP contribution is -2.29. The molecule has 2 aromatic rings. The number of hydrogen-bond donors (Lipinski definition) is 1. The van der Waals surface area contributed by atoms with Gasteiger partial charge in [-0.1, -0.05) is 56.8 Å². The largest absolute Gasteiger partial charge is 0.494 e. The van der Waals surface area contributed by atoms with Crippen molar-refractivity contribution < 1.29 is 14.3 Å². The summed E-state index contributed by atoms with van der Waals surface area (Å²) in [5.74, 6) is 1.97. The van der Waals surface area contributed by atoms with Crippen LogP contribution in [0.2, 0.25) is 0 Å². The number of rotatable bonds is 11. The van der Waals surface area contributed by atoms with Crippen LogP contribution in [0.5, 0.6) is 5.75 Å². The third-order valence-electron chi connectivity index (χ3n) is 4.78. The predicted molar refractivity (Wildman–Crippen MR) is 123 cm³/mol. The molecule has 1 N–H and O–H groups in total. The summed E-state index contributed by atoms with van der Waals surface area (Å²) in [7, 11) is 0. The topological polar surface area (TPSA) is 78.3 Å². The van der Waals surface area contributed by atoms with E-state index in [1.54, 1.807) is 22.5 Å². The zero-order chi connectivity index (χ0) is 22.2. The number of anilines is 1. The number of nitrogens with zero attached hydrogens (tertiary/aromatic N) is 3. The second-order valence-electron chi connectivity index (χ2n) is 7.24. The summed E-state index contributed by atoms with van der Waals surface area (Å²) in [4.78, 5) is 17.6. The predicted octanol–water partition coefficient (Wildman–Crippen LogP) is 4.98. The third kappa shape index (κ3) is 5.50. The molecule has 1 aliphatic rings. The van der Waals surface area contributed by atoms with Gasteiger partial charge in [0.1, 0.15) is 18.4 Å². The third-order valence-corrected chi connectivity index (χ3v) is 5.71. The fourth-order valence-corrected chi connectivity index (χ4v) is 4.16. The van der Waals surface area contributed by atoms with Crippen molar-refractivity contribution in [2.75, 3.05) is 24.3 Å². The van der Waals surface area contributed by atoms with Crippen LogP contribution < -0.4 is 10.1 Å². The minimum atomic E-state index is -0.443. The molecular weight excluding hydrogens is 412 g/mol. The molecule has 0 saturated heterocycles. The average Bonchev–Trinajstić information content (AvgIpc) is 3.17. The fourth-order valence-electron chi connectivity index (χ4n) is 3.25. The van der Waals surface area contributed by atoms with E-state index >= 15 is 0 Å². The monoisotopic (exact) mass is 442 g/mol. The molecular formula is C23H30N4O3S. The molecule has 31 heavy (non-hydrogen) atoms. The molecule has 1 aliphatic heterocycles. The molecule has 1 unspecified atom stereocenters. The Hall–Kier alpha value is -2.74. The van der Waals surface area contributed by atoms with Gasteiger partial charge in [0, 0.05) is 11.4 Å². The number of carbonyl (C=O) groups excluding carboxylic acids is 1.